The fourth-order valence-corrected chi connectivity index (χ4v) is 5.99. The Bertz CT molecular complexity index is 1770. The van der Waals surface area contributed by atoms with Crippen LogP contribution < -0.4 is 4.74 Å². The number of fused-ring (bicyclic) bond motifs is 4. The van der Waals surface area contributed by atoms with Crippen LogP contribution in [0.15, 0.2) is 108 Å². The van der Waals surface area contributed by atoms with Crippen LogP contribution in [-0.2, 0) is 0 Å². The quantitative estimate of drug-likeness (QED) is 0.261. The van der Waals surface area contributed by atoms with Crippen molar-refractivity contribution < 1.29 is 4.74 Å². The van der Waals surface area contributed by atoms with Gasteiger partial charge in [0.15, 0.2) is 0 Å². The van der Waals surface area contributed by atoms with Gasteiger partial charge in [-0.05, 0) is 18.2 Å². The van der Waals surface area contributed by atoms with Crippen LogP contribution in [0.2, 0.25) is 0 Å². The van der Waals surface area contributed by atoms with Crippen LogP contribution in [-0.4, -0.2) is 33.8 Å². The third-order valence-electron chi connectivity index (χ3n) is 5.97. The van der Waals surface area contributed by atoms with Gasteiger partial charge in [0.2, 0.25) is 0 Å². The monoisotopic (exact) mass is 506 g/mol. The molecule has 0 amide bonds. The number of hydrogen-bond acceptors (Lipinski definition) is 3. The first-order valence-corrected chi connectivity index (χ1v) is 12.8. The molecule has 0 atom stereocenters. The van der Waals surface area contributed by atoms with Gasteiger partial charge in [-0.2, -0.15) is 0 Å². The predicted molar refractivity (Wildman–Crippen MR) is 137 cm³/mol. The van der Waals surface area contributed by atoms with E-state index in [0.29, 0.717) is 14.5 Å². The summed E-state index contributed by atoms with van der Waals surface area (Å²) in [5.41, 5.74) is 4.24. The van der Waals surface area contributed by atoms with Gasteiger partial charge in [0.1, 0.15) is 0 Å². The predicted octanol–water partition coefficient (Wildman–Crippen LogP) is 6.37. The second-order valence-electron chi connectivity index (χ2n) is 8.06. The summed E-state index contributed by atoms with van der Waals surface area (Å²) in [5, 5.41) is 7.06. The fourth-order valence-electron chi connectivity index (χ4n) is 4.45. The van der Waals surface area contributed by atoms with E-state index in [0.717, 1.165) is 39.6 Å². The van der Waals surface area contributed by atoms with Gasteiger partial charge in [0, 0.05) is 6.20 Å². The molecular weight excluding hydrogens is 487 g/mol. The molecule has 0 aliphatic rings. The second-order valence-corrected chi connectivity index (χ2v) is 10.1. The Morgan fingerprint density at radius 3 is 2.53 bits per heavy atom. The van der Waals surface area contributed by atoms with Crippen molar-refractivity contribution in [2.24, 2.45) is 0 Å². The van der Waals surface area contributed by atoms with Crippen molar-refractivity contribution in [2.45, 2.75) is 0 Å². The zero-order valence-corrected chi connectivity index (χ0v) is 19.7. The van der Waals surface area contributed by atoms with Crippen LogP contribution in [0.1, 0.15) is 0 Å². The van der Waals surface area contributed by atoms with Gasteiger partial charge >= 0.3 is 148 Å². The van der Waals surface area contributed by atoms with Crippen LogP contribution in [0.25, 0.3) is 43.1 Å². The van der Waals surface area contributed by atoms with Gasteiger partial charge in [-0.1, -0.05) is 24.3 Å². The van der Waals surface area contributed by atoms with Crippen LogP contribution in [0.3, 0.4) is 0 Å². The Morgan fingerprint density at radius 2 is 1.62 bits per heavy atom. The molecule has 7 rings (SSSR count). The summed E-state index contributed by atoms with van der Waals surface area (Å²) in [7, 11) is 0. The molecule has 0 bridgehead atoms. The summed E-state index contributed by atoms with van der Waals surface area (Å²) in [5.74, 6) is 2.43. The Kier molecular flexibility index (Phi) is 4.40. The maximum absolute atomic E-state index is 6.33. The normalized spacial score (nSPS) is 11.5. The summed E-state index contributed by atoms with van der Waals surface area (Å²) in [6.07, 6.45) is 3.94. The molecule has 0 spiro atoms. The zero-order chi connectivity index (χ0) is 22.5. The minimum absolute atomic E-state index is 0.378. The van der Waals surface area contributed by atoms with E-state index in [1.54, 1.807) is 0 Å². The zero-order valence-electron chi connectivity index (χ0n) is 18.0. The van der Waals surface area contributed by atoms with Gasteiger partial charge < -0.3 is 0 Å². The molecule has 162 valence electrons. The molecule has 0 saturated carbocycles. The number of rotatable bonds is 4. The number of hydrogen-bond donors (Lipinski definition) is 0. The standard InChI is InChI=1S/C28H18N4OSe/c1-2-9-25-22(8-1)23-12-11-21(17-26(23)32(25)28-10-3-4-14-29-28)33-20-7-5-6-19(16-20)31-18-27-24(30-31)13-15-34-27/h1-18H. The Labute approximate surface area is 201 Å². The van der Waals surface area contributed by atoms with E-state index in [1.807, 2.05) is 59.4 Å². The molecule has 4 aromatic heterocycles. The summed E-state index contributed by atoms with van der Waals surface area (Å²) >= 11 is 0.378. The Hall–Kier alpha value is -4.12. The number of aromatic nitrogens is 4. The Balaban J connectivity index is 1.32. The molecule has 0 fully saturated rings. The van der Waals surface area contributed by atoms with E-state index in [9.17, 15) is 0 Å². The van der Waals surface area contributed by atoms with Gasteiger partial charge in [0.05, 0.1) is 0 Å². The number of benzene rings is 3. The number of para-hydroxylation sites is 1. The summed E-state index contributed by atoms with van der Waals surface area (Å²) in [4.78, 5) is 6.81. The van der Waals surface area contributed by atoms with E-state index >= 15 is 0 Å². The van der Waals surface area contributed by atoms with Crippen LogP contribution in [0.4, 0.5) is 0 Å². The molecular formula is C28H18N4OSe. The first-order valence-electron chi connectivity index (χ1n) is 11.0. The first kappa shape index (κ1) is 19.4. The third kappa shape index (κ3) is 3.16. The second kappa shape index (κ2) is 7.73. The third-order valence-corrected chi connectivity index (χ3v) is 7.73. The maximum atomic E-state index is 6.33. The molecule has 0 saturated heterocycles. The van der Waals surface area contributed by atoms with Crippen molar-refractivity contribution in [2.75, 3.05) is 0 Å². The SMILES string of the molecule is c1ccc(-n2c3ccccc3c3ccc(Oc4cccc(-n5cc6[se]ccc6n5)c4)cc32)nc1. The van der Waals surface area contributed by atoms with Crippen molar-refractivity contribution in [3.05, 3.63) is 108 Å². The molecule has 4 heterocycles. The van der Waals surface area contributed by atoms with Crippen LogP contribution in [0.5, 0.6) is 11.5 Å². The van der Waals surface area contributed by atoms with Crippen LogP contribution in [0, 0.1) is 0 Å². The van der Waals surface area contributed by atoms with E-state index in [-0.39, 0.29) is 0 Å². The van der Waals surface area contributed by atoms with Crippen molar-refractivity contribution in [3.8, 4) is 23.0 Å². The largest absolute Gasteiger partial charge is 0.239 e. The number of nitrogens with zero attached hydrogens (tertiary/aromatic N) is 4. The molecule has 5 nitrogen and oxygen atoms in total. The topological polar surface area (TPSA) is 44.9 Å². The van der Waals surface area contributed by atoms with Gasteiger partial charge in [-0.15, -0.1) is 0 Å². The van der Waals surface area contributed by atoms with E-state index in [2.05, 4.69) is 63.2 Å². The van der Waals surface area contributed by atoms with Crippen molar-refractivity contribution >= 4 is 46.1 Å². The molecule has 7 aromatic rings. The molecule has 6 heteroatoms. The molecule has 0 N–H and O–H groups in total. The maximum Gasteiger partial charge on any atom is 0.0292 e. The number of ether oxygens (including phenoxy) is 1. The minimum Gasteiger partial charge on any atom is -0.239 e. The first-order chi connectivity index (χ1) is 16.8. The Morgan fingerprint density at radius 1 is 0.735 bits per heavy atom. The number of pyridine rings is 1. The van der Waals surface area contributed by atoms with Gasteiger partial charge in [-0.3, -0.25) is 0 Å². The molecule has 0 radical (unpaired) electrons. The average molecular weight is 505 g/mol. The molecule has 3 aromatic carbocycles. The van der Waals surface area contributed by atoms with Crippen molar-refractivity contribution in [3.63, 3.8) is 0 Å². The molecule has 0 unspecified atom stereocenters. The van der Waals surface area contributed by atoms with Gasteiger partial charge in [-0.25, -0.2) is 4.98 Å². The fraction of sp³-hybridized carbons (Fsp3) is 0. The summed E-state index contributed by atoms with van der Waals surface area (Å²) in [6.45, 7) is 0. The average Bonchev–Trinajstić information content (AvgIpc) is 3.57. The molecule has 0 aliphatic heterocycles. The van der Waals surface area contributed by atoms with E-state index in [4.69, 9.17) is 9.84 Å². The minimum atomic E-state index is 0.378. The van der Waals surface area contributed by atoms with Crippen molar-refractivity contribution in [1.82, 2.24) is 19.3 Å². The van der Waals surface area contributed by atoms with Crippen LogP contribution >= 0.6 is 0 Å². The molecule has 0 aliphatic carbocycles. The summed E-state index contributed by atoms with van der Waals surface area (Å²) in [6, 6.07) is 30.8. The van der Waals surface area contributed by atoms with Gasteiger partial charge in [0.25, 0.3) is 0 Å². The summed E-state index contributed by atoms with van der Waals surface area (Å²) < 4.78 is 11.8. The van der Waals surface area contributed by atoms with Crippen molar-refractivity contribution in [1.29, 1.82) is 0 Å². The smallest absolute Gasteiger partial charge is 0.0292 e. The molecule has 34 heavy (non-hydrogen) atoms. The van der Waals surface area contributed by atoms with E-state index in [1.165, 1.54) is 15.0 Å². The van der Waals surface area contributed by atoms with E-state index < -0.39 is 0 Å².